The van der Waals surface area contributed by atoms with E-state index >= 15 is 0 Å². The standard InChI is InChI=1S/C14H17N5O2S/c20-14-6-10-9-21-5-3-12(10)16-19(14)8-11-2-1-4-18(11)13-7-15-22-17-13/h6-7,11H,1-5,8-9H2. The molecule has 0 aliphatic carbocycles. The summed E-state index contributed by atoms with van der Waals surface area (Å²) < 4.78 is 15.4. The molecule has 2 aliphatic heterocycles. The Bertz CT molecular complexity index is 715. The highest BCUT2D eigenvalue weighted by Gasteiger charge is 2.27. The van der Waals surface area contributed by atoms with Crippen LogP contribution < -0.4 is 10.5 Å². The lowest BCUT2D eigenvalue weighted by atomic mass is 10.1. The maximum atomic E-state index is 12.3. The minimum Gasteiger partial charge on any atom is -0.376 e. The summed E-state index contributed by atoms with van der Waals surface area (Å²) in [6.45, 7) is 2.74. The summed E-state index contributed by atoms with van der Waals surface area (Å²) in [5, 5.41) is 4.56. The van der Waals surface area contributed by atoms with E-state index in [1.54, 1.807) is 16.9 Å². The van der Waals surface area contributed by atoms with Crippen LogP contribution in [0.5, 0.6) is 0 Å². The Balaban J connectivity index is 1.59. The van der Waals surface area contributed by atoms with Gasteiger partial charge in [-0.25, -0.2) is 4.68 Å². The van der Waals surface area contributed by atoms with Gasteiger partial charge < -0.3 is 9.64 Å². The highest BCUT2D eigenvalue weighted by atomic mass is 32.1. The highest BCUT2D eigenvalue weighted by Crippen LogP contribution is 2.24. The van der Waals surface area contributed by atoms with Crippen LogP contribution in [0.4, 0.5) is 5.82 Å². The molecule has 22 heavy (non-hydrogen) atoms. The molecule has 8 heteroatoms. The summed E-state index contributed by atoms with van der Waals surface area (Å²) in [5.41, 5.74) is 1.87. The summed E-state index contributed by atoms with van der Waals surface area (Å²) in [4.78, 5) is 14.5. The Labute approximate surface area is 131 Å². The number of nitrogens with zero attached hydrogens (tertiary/aromatic N) is 5. The molecule has 0 N–H and O–H groups in total. The zero-order valence-electron chi connectivity index (χ0n) is 12.1. The SMILES string of the molecule is O=c1cc2c(nn1CC1CCCN1c1cnsn1)CCOC2. The molecule has 2 aromatic rings. The van der Waals surface area contributed by atoms with Gasteiger partial charge in [0.15, 0.2) is 5.82 Å². The van der Waals surface area contributed by atoms with Crippen molar-refractivity contribution in [1.82, 2.24) is 18.5 Å². The second-order valence-corrected chi connectivity index (χ2v) is 6.25. The molecule has 0 aromatic carbocycles. The number of hydrogen-bond acceptors (Lipinski definition) is 7. The second kappa shape index (κ2) is 5.77. The van der Waals surface area contributed by atoms with Gasteiger partial charge in [0, 0.05) is 24.6 Å². The fraction of sp³-hybridized carbons (Fsp3) is 0.571. The summed E-state index contributed by atoms with van der Waals surface area (Å²) in [6, 6.07) is 1.93. The van der Waals surface area contributed by atoms with E-state index in [-0.39, 0.29) is 11.6 Å². The van der Waals surface area contributed by atoms with Gasteiger partial charge in [0.1, 0.15) is 0 Å². The van der Waals surface area contributed by atoms with Crippen molar-refractivity contribution >= 4 is 17.5 Å². The van der Waals surface area contributed by atoms with Crippen molar-refractivity contribution in [2.75, 3.05) is 18.1 Å². The van der Waals surface area contributed by atoms with Crippen molar-refractivity contribution in [3.05, 3.63) is 33.9 Å². The Kier molecular flexibility index (Phi) is 3.63. The van der Waals surface area contributed by atoms with E-state index in [0.717, 1.165) is 42.9 Å². The quantitative estimate of drug-likeness (QED) is 0.834. The van der Waals surface area contributed by atoms with Crippen LogP contribution >= 0.6 is 11.7 Å². The van der Waals surface area contributed by atoms with Gasteiger partial charge in [-0.1, -0.05) is 0 Å². The Morgan fingerprint density at radius 3 is 3.27 bits per heavy atom. The molecule has 4 rings (SSSR count). The van der Waals surface area contributed by atoms with Crippen molar-refractivity contribution in [1.29, 1.82) is 0 Å². The fourth-order valence-electron chi connectivity index (χ4n) is 3.20. The third-order valence-electron chi connectivity index (χ3n) is 4.31. The van der Waals surface area contributed by atoms with Crippen molar-refractivity contribution in [2.24, 2.45) is 0 Å². The van der Waals surface area contributed by atoms with Crippen molar-refractivity contribution in [3.63, 3.8) is 0 Å². The van der Waals surface area contributed by atoms with Gasteiger partial charge in [0.05, 0.1) is 49.4 Å². The number of rotatable bonds is 3. The van der Waals surface area contributed by atoms with Crippen LogP contribution in [0.2, 0.25) is 0 Å². The monoisotopic (exact) mass is 319 g/mol. The van der Waals surface area contributed by atoms with Crippen LogP contribution in [0.3, 0.4) is 0 Å². The first-order valence-corrected chi connectivity index (χ1v) is 8.26. The van der Waals surface area contributed by atoms with Crippen LogP contribution in [0, 0.1) is 0 Å². The van der Waals surface area contributed by atoms with Crippen molar-refractivity contribution in [3.8, 4) is 0 Å². The topological polar surface area (TPSA) is 73.1 Å². The molecular formula is C14H17N5O2S. The first kappa shape index (κ1) is 13.8. The van der Waals surface area contributed by atoms with Crippen LogP contribution in [0.25, 0.3) is 0 Å². The van der Waals surface area contributed by atoms with Gasteiger partial charge in [-0.05, 0) is 12.8 Å². The van der Waals surface area contributed by atoms with E-state index in [9.17, 15) is 4.79 Å². The minimum absolute atomic E-state index is 0.0486. The number of ether oxygens (including phenoxy) is 1. The summed E-state index contributed by atoms with van der Waals surface area (Å²) in [7, 11) is 0. The molecule has 0 bridgehead atoms. The molecule has 2 aromatic heterocycles. The van der Waals surface area contributed by atoms with Crippen LogP contribution in [-0.4, -0.2) is 37.7 Å². The first-order chi connectivity index (χ1) is 10.8. The molecule has 0 amide bonds. The normalized spacial score (nSPS) is 21.1. The van der Waals surface area contributed by atoms with Gasteiger partial charge in [-0.15, -0.1) is 0 Å². The van der Waals surface area contributed by atoms with Gasteiger partial charge in [0.2, 0.25) is 0 Å². The summed E-state index contributed by atoms with van der Waals surface area (Å²) >= 11 is 1.22. The Morgan fingerprint density at radius 2 is 2.41 bits per heavy atom. The average molecular weight is 319 g/mol. The fourth-order valence-corrected chi connectivity index (χ4v) is 3.62. The van der Waals surface area contributed by atoms with Crippen LogP contribution in [-0.2, 0) is 24.3 Å². The molecule has 1 saturated heterocycles. The minimum atomic E-state index is -0.0486. The van der Waals surface area contributed by atoms with Gasteiger partial charge >= 0.3 is 0 Å². The average Bonchev–Trinajstić information content (AvgIpc) is 3.18. The lowest BCUT2D eigenvalue weighted by Gasteiger charge is -2.25. The van der Waals surface area contributed by atoms with Crippen molar-refractivity contribution in [2.45, 2.75) is 38.5 Å². The van der Waals surface area contributed by atoms with Crippen LogP contribution in [0.1, 0.15) is 24.1 Å². The lowest BCUT2D eigenvalue weighted by Crippen LogP contribution is -2.38. The molecule has 4 heterocycles. The molecule has 7 nitrogen and oxygen atoms in total. The molecular weight excluding hydrogens is 302 g/mol. The molecule has 1 unspecified atom stereocenters. The maximum absolute atomic E-state index is 12.3. The van der Waals surface area contributed by atoms with E-state index in [0.29, 0.717) is 19.8 Å². The smallest absolute Gasteiger partial charge is 0.267 e. The van der Waals surface area contributed by atoms with Crippen LogP contribution in [0.15, 0.2) is 17.1 Å². The van der Waals surface area contributed by atoms with Crippen molar-refractivity contribution < 1.29 is 4.74 Å². The molecule has 1 atom stereocenters. The number of aromatic nitrogens is 4. The lowest BCUT2D eigenvalue weighted by molar-refractivity contribution is 0.108. The molecule has 1 fully saturated rings. The van der Waals surface area contributed by atoms with Gasteiger partial charge in [-0.3, -0.25) is 4.79 Å². The molecule has 116 valence electrons. The molecule has 2 aliphatic rings. The second-order valence-electron chi connectivity index (χ2n) is 5.69. The number of hydrogen-bond donors (Lipinski definition) is 0. The predicted octanol–water partition coefficient (Wildman–Crippen LogP) is 0.837. The zero-order chi connectivity index (χ0) is 14.9. The zero-order valence-corrected chi connectivity index (χ0v) is 13.0. The third-order valence-corrected chi connectivity index (χ3v) is 4.78. The number of fused-ring (bicyclic) bond motifs is 1. The van der Waals surface area contributed by atoms with Gasteiger partial charge in [0.25, 0.3) is 5.56 Å². The van der Waals surface area contributed by atoms with E-state index in [4.69, 9.17) is 4.74 Å². The molecule has 0 spiro atoms. The highest BCUT2D eigenvalue weighted by molar-refractivity contribution is 6.99. The molecule has 0 saturated carbocycles. The third kappa shape index (κ3) is 2.52. The van der Waals surface area contributed by atoms with E-state index in [1.165, 1.54) is 11.7 Å². The first-order valence-electron chi connectivity index (χ1n) is 7.53. The Morgan fingerprint density at radius 1 is 1.45 bits per heavy atom. The predicted molar refractivity (Wildman–Crippen MR) is 82.1 cm³/mol. The Hall–Kier alpha value is -1.80. The van der Waals surface area contributed by atoms with E-state index in [2.05, 4.69) is 18.7 Å². The molecule has 0 radical (unpaired) electrons. The largest absolute Gasteiger partial charge is 0.376 e. The summed E-state index contributed by atoms with van der Waals surface area (Å²) in [5.74, 6) is 0.909. The van der Waals surface area contributed by atoms with Gasteiger partial charge in [-0.2, -0.15) is 13.8 Å². The summed E-state index contributed by atoms with van der Waals surface area (Å²) in [6.07, 6.45) is 4.73. The van der Waals surface area contributed by atoms with E-state index in [1.807, 2.05) is 0 Å². The number of anilines is 1. The van der Waals surface area contributed by atoms with E-state index < -0.39 is 0 Å². The maximum Gasteiger partial charge on any atom is 0.267 e.